The highest BCUT2D eigenvalue weighted by atomic mass is 16.5. The number of nitrogens with zero attached hydrogens (tertiary/aromatic N) is 3. The van der Waals surface area contributed by atoms with E-state index < -0.39 is 0 Å². The predicted octanol–water partition coefficient (Wildman–Crippen LogP) is 1.26. The highest BCUT2D eigenvalue weighted by molar-refractivity contribution is 5.36. The second kappa shape index (κ2) is 8.01. The summed E-state index contributed by atoms with van der Waals surface area (Å²) < 4.78 is 10.9. The minimum absolute atomic E-state index is 0.489. The Morgan fingerprint density at radius 2 is 2.15 bits per heavy atom. The van der Waals surface area contributed by atoms with Gasteiger partial charge in [-0.2, -0.15) is 0 Å². The number of hydrogen-bond donors (Lipinski definition) is 1. The van der Waals surface area contributed by atoms with Gasteiger partial charge in [0.05, 0.1) is 19.8 Å². The Bertz CT molecular complexity index is 395. The Labute approximate surface area is 120 Å². The number of aromatic nitrogens is 2. The minimum atomic E-state index is 0.489. The van der Waals surface area contributed by atoms with Crippen molar-refractivity contribution in [3.63, 3.8) is 0 Å². The lowest BCUT2D eigenvalue weighted by molar-refractivity contribution is 0.0398. The maximum Gasteiger partial charge on any atom is 0.218 e. The fourth-order valence-electron chi connectivity index (χ4n) is 1.93. The van der Waals surface area contributed by atoms with Crippen LogP contribution in [0.25, 0.3) is 0 Å². The summed E-state index contributed by atoms with van der Waals surface area (Å²) in [7, 11) is 0. The first-order valence-electron chi connectivity index (χ1n) is 7.23. The molecule has 1 fully saturated rings. The molecular formula is C14H24N4O2. The standard InChI is InChI=1S/C14H24N4O2/c1-12(2)10-20-14-9-13(16-11-17-14)15-3-4-18-5-7-19-8-6-18/h9,11-12H,3-8,10H2,1-2H3,(H,15,16,17). The molecule has 1 aliphatic rings. The molecule has 0 aliphatic carbocycles. The Morgan fingerprint density at radius 3 is 2.90 bits per heavy atom. The van der Waals surface area contributed by atoms with E-state index >= 15 is 0 Å². The Morgan fingerprint density at radius 1 is 1.35 bits per heavy atom. The van der Waals surface area contributed by atoms with E-state index in [0.717, 1.165) is 45.2 Å². The van der Waals surface area contributed by atoms with Crippen molar-refractivity contribution in [1.29, 1.82) is 0 Å². The van der Waals surface area contributed by atoms with Crippen LogP contribution in [0.15, 0.2) is 12.4 Å². The minimum Gasteiger partial charge on any atom is -0.477 e. The van der Waals surface area contributed by atoms with Gasteiger partial charge in [-0.1, -0.05) is 13.8 Å². The summed E-state index contributed by atoms with van der Waals surface area (Å²) in [6.07, 6.45) is 1.53. The number of rotatable bonds is 7. The molecule has 0 amide bonds. The topological polar surface area (TPSA) is 59.5 Å². The molecule has 0 radical (unpaired) electrons. The van der Waals surface area contributed by atoms with Gasteiger partial charge in [0.2, 0.25) is 5.88 Å². The Kier molecular flexibility index (Phi) is 6.01. The molecule has 0 atom stereocenters. The molecule has 0 spiro atoms. The zero-order valence-corrected chi connectivity index (χ0v) is 12.3. The lowest BCUT2D eigenvalue weighted by Crippen LogP contribution is -2.39. The molecule has 1 aromatic rings. The van der Waals surface area contributed by atoms with Crippen LogP contribution >= 0.6 is 0 Å². The van der Waals surface area contributed by atoms with E-state index in [4.69, 9.17) is 9.47 Å². The average Bonchev–Trinajstić information content (AvgIpc) is 2.47. The van der Waals surface area contributed by atoms with Gasteiger partial charge in [0.25, 0.3) is 0 Å². The van der Waals surface area contributed by atoms with Crippen LogP contribution in [0, 0.1) is 5.92 Å². The quantitative estimate of drug-likeness (QED) is 0.811. The van der Waals surface area contributed by atoms with Crippen molar-refractivity contribution in [2.24, 2.45) is 5.92 Å². The molecule has 2 heterocycles. The second-order valence-corrected chi connectivity index (χ2v) is 5.33. The van der Waals surface area contributed by atoms with Gasteiger partial charge < -0.3 is 14.8 Å². The van der Waals surface area contributed by atoms with Crippen LogP contribution < -0.4 is 10.1 Å². The third-order valence-electron chi connectivity index (χ3n) is 3.04. The molecular weight excluding hydrogens is 256 g/mol. The summed E-state index contributed by atoms with van der Waals surface area (Å²) in [4.78, 5) is 10.7. The number of anilines is 1. The van der Waals surface area contributed by atoms with Crippen LogP contribution in [0.2, 0.25) is 0 Å². The maximum atomic E-state index is 5.59. The number of hydrogen-bond acceptors (Lipinski definition) is 6. The van der Waals surface area contributed by atoms with E-state index in [1.807, 2.05) is 6.07 Å². The summed E-state index contributed by atoms with van der Waals surface area (Å²) in [5, 5.41) is 3.31. The van der Waals surface area contributed by atoms with Gasteiger partial charge >= 0.3 is 0 Å². The monoisotopic (exact) mass is 280 g/mol. The van der Waals surface area contributed by atoms with E-state index in [9.17, 15) is 0 Å². The molecule has 0 aromatic carbocycles. The SMILES string of the molecule is CC(C)COc1cc(NCCN2CCOCC2)ncn1. The molecule has 2 rings (SSSR count). The molecule has 20 heavy (non-hydrogen) atoms. The van der Waals surface area contributed by atoms with Gasteiger partial charge in [0.15, 0.2) is 0 Å². The van der Waals surface area contributed by atoms with Gasteiger partial charge in [-0.3, -0.25) is 4.90 Å². The number of ether oxygens (including phenoxy) is 2. The fraction of sp³-hybridized carbons (Fsp3) is 0.714. The van der Waals surface area contributed by atoms with Gasteiger partial charge in [-0.05, 0) is 5.92 Å². The van der Waals surface area contributed by atoms with Crippen molar-refractivity contribution in [1.82, 2.24) is 14.9 Å². The summed E-state index contributed by atoms with van der Waals surface area (Å²) in [6, 6.07) is 1.85. The first kappa shape index (κ1) is 15.0. The number of nitrogens with one attached hydrogen (secondary N) is 1. The summed E-state index contributed by atoms with van der Waals surface area (Å²) in [6.45, 7) is 10.4. The third kappa shape index (κ3) is 5.30. The fourth-order valence-corrected chi connectivity index (χ4v) is 1.93. The van der Waals surface area contributed by atoms with Crippen LogP contribution in [0.1, 0.15) is 13.8 Å². The molecule has 112 valence electrons. The van der Waals surface area contributed by atoms with Crippen LogP contribution in [-0.2, 0) is 4.74 Å². The van der Waals surface area contributed by atoms with Gasteiger partial charge in [-0.25, -0.2) is 9.97 Å². The van der Waals surface area contributed by atoms with E-state index in [1.54, 1.807) is 0 Å². The molecule has 6 heteroatoms. The van der Waals surface area contributed by atoms with Crippen LogP contribution in [0.3, 0.4) is 0 Å². The van der Waals surface area contributed by atoms with Crippen LogP contribution in [0.5, 0.6) is 5.88 Å². The van der Waals surface area contributed by atoms with E-state index in [0.29, 0.717) is 18.4 Å². The highest BCUT2D eigenvalue weighted by Gasteiger charge is 2.09. The Hall–Kier alpha value is -1.40. The van der Waals surface area contributed by atoms with E-state index in [2.05, 4.69) is 34.0 Å². The molecule has 0 unspecified atom stereocenters. The average molecular weight is 280 g/mol. The van der Waals surface area contributed by atoms with Gasteiger partial charge in [0.1, 0.15) is 12.1 Å². The van der Waals surface area contributed by atoms with Crippen molar-refractivity contribution in [3.05, 3.63) is 12.4 Å². The smallest absolute Gasteiger partial charge is 0.218 e. The first-order chi connectivity index (χ1) is 9.74. The first-order valence-corrected chi connectivity index (χ1v) is 7.23. The summed E-state index contributed by atoms with van der Waals surface area (Å²) in [5.41, 5.74) is 0. The molecule has 1 aliphatic heterocycles. The maximum absolute atomic E-state index is 5.59. The Balaban J connectivity index is 1.73. The predicted molar refractivity (Wildman–Crippen MR) is 78.1 cm³/mol. The summed E-state index contributed by atoms with van der Waals surface area (Å²) >= 11 is 0. The lowest BCUT2D eigenvalue weighted by atomic mass is 10.2. The molecule has 1 N–H and O–H groups in total. The highest BCUT2D eigenvalue weighted by Crippen LogP contribution is 2.11. The molecule has 0 bridgehead atoms. The van der Waals surface area contributed by atoms with E-state index in [1.165, 1.54) is 6.33 Å². The van der Waals surface area contributed by atoms with Gasteiger partial charge in [0, 0.05) is 32.2 Å². The number of morpholine rings is 1. The third-order valence-corrected chi connectivity index (χ3v) is 3.04. The van der Waals surface area contributed by atoms with Crippen LogP contribution in [0.4, 0.5) is 5.82 Å². The largest absolute Gasteiger partial charge is 0.477 e. The van der Waals surface area contributed by atoms with Crippen molar-refractivity contribution in [2.45, 2.75) is 13.8 Å². The van der Waals surface area contributed by atoms with Crippen molar-refractivity contribution >= 4 is 5.82 Å². The van der Waals surface area contributed by atoms with Gasteiger partial charge in [-0.15, -0.1) is 0 Å². The molecule has 6 nitrogen and oxygen atoms in total. The molecule has 1 saturated heterocycles. The van der Waals surface area contributed by atoms with Crippen molar-refractivity contribution in [3.8, 4) is 5.88 Å². The molecule has 0 saturated carbocycles. The normalized spacial score (nSPS) is 16.4. The van der Waals surface area contributed by atoms with Crippen LogP contribution in [-0.4, -0.2) is 60.9 Å². The second-order valence-electron chi connectivity index (χ2n) is 5.33. The zero-order valence-electron chi connectivity index (χ0n) is 12.3. The van der Waals surface area contributed by atoms with Crippen molar-refractivity contribution in [2.75, 3.05) is 51.3 Å². The molecule has 1 aromatic heterocycles. The van der Waals surface area contributed by atoms with Crippen molar-refractivity contribution < 1.29 is 9.47 Å². The summed E-state index contributed by atoms with van der Waals surface area (Å²) in [5.74, 6) is 1.93. The lowest BCUT2D eigenvalue weighted by Gasteiger charge is -2.26. The van der Waals surface area contributed by atoms with E-state index in [-0.39, 0.29) is 0 Å². The zero-order chi connectivity index (χ0) is 14.2.